The molecule has 0 aliphatic carbocycles. The Hall–Kier alpha value is -3.69. The van der Waals surface area contributed by atoms with E-state index in [0.717, 1.165) is 22.0 Å². The van der Waals surface area contributed by atoms with Crippen molar-refractivity contribution in [2.75, 3.05) is 0 Å². The number of aryl methyl sites for hydroxylation is 1. The van der Waals surface area contributed by atoms with Crippen LogP contribution < -0.4 is 5.32 Å². The van der Waals surface area contributed by atoms with Crippen LogP contribution in [-0.2, 0) is 17.6 Å². The van der Waals surface area contributed by atoms with Crippen LogP contribution in [0.3, 0.4) is 0 Å². The van der Waals surface area contributed by atoms with E-state index in [1.807, 2.05) is 42.5 Å². The van der Waals surface area contributed by atoms with Crippen LogP contribution in [0.15, 0.2) is 72.9 Å². The number of phenolic OH excluding ortho intramolecular Hbond substituents is 1. The van der Waals surface area contributed by atoms with Crippen molar-refractivity contribution in [2.45, 2.75) is 25.2 Å². The number of phenols is 1. The van der Waals surface area contributed by atoms with Crippen molar-refractivity contribution < 1.29 is 19.9 Å². The fraction of sp³-hybridized carbons (Fsp3) is 0.174. The lowest BCUT2D eigenvalue weighted by molar-refractivity contribution is -0.121. The van der Waals surface area contributed by atoms with Crippen molar-refractivity contribution >= 4 is 23.8 Å². The SMILES string of the molecule is O=C(CCc1cn(-c2ccc(O)cc2)nn1)NC(Cc1ccc2ccccc2c1)B(O)O. The normalized spacial score (nSPS) is 11.9. The highest BCUT2D eigenvalue weighted by molar-refractivity contribution is 6.43. The van der Waals surface area contributed by atoms with Gasteiger partial charge in [0.1, 0.15) is 5.75 Å². The second-order valence-corrected chi connectivity index (χ2v) is 7.64. The van der Waals surface area contributed by atoms with E-state index in [1.165, 1.54) is 0 Å². The minimum atomic E-state index is -1.68. The van der Waals surface area contributed by atoms with Crippen LogP contribution in [0.2, 0.25) is 0 Å². The molecule has 3 aromatic carbocycles. The molecule has 32 heavy (non-hydrogen) atoms. The highest BCUT2D eigenvalue weighted by atomic mass is 16.4. The van der Waals surface area contributed by atoms with Crippen molar-refractivity contribution in [3.8, 4) is 11.4 Å². The van der Waals surface area contributed by atoms with Gasteiger partial charge in [0.2, 0.25) is 5.91 Å². The average molecular weight is 430 g/mol. The Morgan fingerprint density at radius 3 is 2.53 bits per heavy atom. The van der Waals surface area contributed by atoms with Gasteiger partial charge in [-0.3, -0.25) is 4.79 Å². The van der Waals surface area contributed by atoms with Crippen molar-refractivity contribution in [2.24, 2.45) is 0 Å². The van der Waals surface area contributed by atoms with Gasteiger partial charge in [-0.15, -0.1) is 5.10 Å². The molecular formula is C23H23BN4O4. The molecule has 0 fully saturated rings. The van der Waals surface area contributed by atoms with Gasteiger partial charge in [0, 0.05) is 12.8 Å². The van der Waals surface area contributed by atoms with Gasteiger partial charge in [-0.05, 0) is 47.0 Å². The lowest BCUT2D eigenvalue weighted by atomic mass is 9.75. The van der Waals surface area contributed by atoms with E-state index >= 15 is 0 Å². The molecule has 4 aromatic rings. The molecule has 4 N–H and O–H groups in total. The molecule has 1 heterocycles. The molecule has 1 unspecified atom stereocenters. The number of hydrogen-bond donors (Lipinski definition) is 4. The van der Waals surface area contributed by atoms with Gasteiger partial charge < -0.3 is 20.5 Å². The Kier molecular flexibility index (Phi) is 6.48. The third kappa shape index (κ3) is 5.32. The Balaban J connectivity index is 1.34. The summed E-state index contributed by atoms with van der Waals surface area (Å²) in [6.07, 6.45) is 2.50. The maximum Gasteiger partial charge on any atom is 0.475 e. The third-order valence-corrected chi connectivity index (χ3v) is 5.24. The summed E-state index contributed by atoms with van der Waals surface area (Å²) in [7, 11) is -1.68. The molecule has 0 bridgehead atoms. The molecule has 162 valence electrons. The van der Waals surface area contributed by atoms with E-state index in [1.54, 1.807) is 35.1 Å². The zero-order chi connectivity index (χ0) is 22.5. The minimum absolute atomic E-state index is 0.134. The van der Waals surface area contributed by atoms with Crippen LogP contribution in [0.4, 0.5) is 0 Å². The van der Waals surface area contributed by atoms with Crippen LogP contribution in [0.1, 0.15) is 17.7 Å². The molecule has 0 aliphatic rings. The molecule has 8 nitrogen and oxygen atoms in total. The number of nitrogens with zero attached hydrogens (tertiary/aromatic N) is 3. The molecule has 1 aromatic heterocycles. The van der Waals surface area contributed by atoms with Crippen LogP contribution in [0.5, 0.6) is 5.75 Å². The zero-order valence-electron chi connectivity index (χ0n) is 17.3. The highest BCUT2D eigenvalue weighted by Crippen LogP contribution is 2.17. The molecule has 0 saturated heterocycles. The van der Waals surface area contributed by atoms with Gasteiger partial charge in [0.15, 0.2) is 0 Å². The van der Waals surface area contributed by atoms with Crippen LogP contribution in [0, 0.1) is 0 Å². The molecule has 1 atom stereocenters. The number of amides is 1. The number of fused-ring (bicyclic) bond motifs is 1. The summed E-state index contributed by atoms with van der Waals surface area (Å²) < 4.78 is 1.56. The third-order valence-electron chi connectivity index (χ3n) is 5.24. The number of carbonyl (C=O) groups excluding carboxylic acids is 1. The van der Waals surface area contributed by atoms with Crippen molar-refractivity contribution in [3.05, 3.63) is 84.2 Å². The molecule has 0 spiro atoms. The molecule has 0 aliphatic heterocycles. The number of aromatic nitrogens is 3. The van der Waals surface area contributed by atoms with Crippen LogP contribution >= 0.6 is 0 Å². The first-order valence-electron chi connectivity index (χ1n) is 10.3. The molecule has 0 radical (unpaired) electrons. The van der Waals surface area contributed by atoms with Crippen molar-refractivity contribution in [1.82, 2.24) is 20.3 Å². The molecule has 4 rings (SSSR count). The summed E-state index contributed by atoms with van der Waals surface area (Å²) in [6, 6.07) is 20.3. The predicted octanol–water partition coefficient (Wildman–Crippen LogP) is 1.80. The van der Waals surface area contributed by atoms with Crippen LogP contribution in [-0.4, -0.2) is 49.1 Å². The molecule has 1 amide bonds. The Morgan fingerprint density at radius 2 is 1.78 bits per heavy atom. The molecule has 0 saturated carbocycles. The second kappa shape index (κ2) is 9.63. The summed E-state index contributed by atoms with van der Waals surface area (Å²) in [6.45, 7) is 0. The predicted molar refractivity (Wildman–Crippen MR) is 121 cm³/mol. The average Bonchev–Trinajstić information content (AvgIpc) is 3.27. The minimum Gasteiger partial charge on any atom is -0.508 e. The van der Waals surface area contributed by atoms with Gasteiger partial charge >= 0.3 is 7.12 Å². The summed E-state index contributed by atoms with van der Waals surface area (Å²) in [5.74, 6) is -0.963. The first-order valence-corrected chi connectivity index (χ1v) is 10.3. The van der Waals surface area contributed by atoms with Gasteiger partial charge in [-0.2, -0.15) is 0 Å². The molecule has 9 heteroatoms. The lowest BCUT2D eigenvalue weighted by Gasteiger charge is -2.18. The smallest absolute Gasteiger partial charge is 0.475 e. The Morgan fingerprint density at radius 1 is 1.03 bits per heavy atom. The van der Waals surface area contributed by atoms with Gasteiger partial charge in [0.05, 0.1) is 23.5 Å². The number of rotatable bonds is 8. The maximum absolute atomic E-state index is 12.4. The summed E-state index contributed by atoms with van der Waals surface area (Å²) in [5.41, 5.74) is 2.27. The van der Waals surface area contributed by atoms with Crippen molar-refractivity contribution in [3.63, 3.8) is 0 Å². The van der Waals surface area contributed by atoms with Crippen LogP contribution in [0.25, 0.3) is 16.5 Å². The topological polar surface area (TPSA) is 121 Å². The van der Waals surface area contributed by atoms with Gasteiger partial charge in [-0.25, -0.2) is 4.68 Å². The fourth-order valence-corrected chi connectivity index (χ4v) is 3.52. The Labute approximate surface area is 185 Å². The van der Waals surface area contributed by atoms with Gasteiger partial charge in [-0.1, -0.05) is 47.7 Å². The van der Waals surface area contributed by atoms with E-state index in [4.69, 9.17) is 0 Å². The largest absolute Gasteiger partial charge is 0.508 e. The summed E-state index contributed by atoms with van der Waals surface area (Å²) in [5, 5.41) is 41.9. The van der Waals surface area contributed by atoms with E-state index in [2.05, 4.69) is 15.6 Å². The highest BCUT2D eigenvalue weighted by Gasteiger charge is 2.25. The first kappa shape index (κ1) is 21.5. The monoisotopic (exact) mass is 430 g/mol. The summed E-state index contributed by atoms with van der Waals surface area (Å²) >= 11 is 0. The van der Waals surface area contributed by atoms with E-state index in [0.29, 0.717) is 18.5 Å². The van der Waals surface area contributed by atoms with E-state index < -0.39 is 13.1 Å². The maximum atomic E-state index is 12.4. The first-order chi connectivity index (χ1) is 15.5. The number of hydrogen-bond acceptors (Lipinski definition) is 6. The lowest BCUT2D eigenvalue weighted by Crippen LogP contribution is -2.48. The fourth-order valence-electron chi connectivity index (χ4n) is 3.52. The quantitative estimate of drug-likeness (QED) is 0.317. The van der Waals surface area contributed by atoms with E-state index in [-0.39, 0.29) is 18.1 Å². The number of carbonyl (C=O) groups is 1. The molecular weight excluding hydrogens is 407 g/mol. The van der Waals surface area contributed by atoms with Crippen molar-refractivity contribution in [1.29, 1.82) is 0 Å². The number of nitrogens with one attached hydrogen (secondary N) is 1. The van der Waals surface area contributed by atoms with Gasteiger partial charge in [0.25, 0.3) is 0 Å². The Bertz CT molecular complexity index is 1210. The second-order valence-electron chi connectivity index (χ2n) is 7.64. The standard InChI is InChI=1S/C23H23BN4O4/c29-21-10-8-20(9-11-21)28-15-19(26-27-28)7-12-23(30)25-22(24(31)32)14-16-5-6-17-3-1-2-4-18(17)13-16/h1-6,8-11,13,15,22,29,31-32H,7,12,14H2,(H,25,30). The zero-order valence-corrected chi connectivity index (χ0v) is 17.3. The number of aromatic hydroxyl groups is 1. The summed E-state index contributed by atoms with van der Waals surface area (Å²) in [4.78, 5) is 12.4. The number of benzene rings is 3. The van der Waals surface area contributed by atoms with E-state index in [9.17, 15) is 19.9 Å².